The van der Waals surface area contributed by atoms with E-state index in [1.54, 1.807) is 0 Å². The zero-order valence-corrected chi connectivity index (χ0v) is 18.8. The lowest BCUT2D eigenvalue weighted by molar-refractivity contribution is 1.07. The molecular formula is C28H21BrN2. The van der Waals surface area contributed by atoms with Gasteiger partial charge in [-0.2, -0.15) is 0 Å². The first-order valence-corrected chi connectivity index (χ1v) is 11.1. The molecule has 0 fully saturated rings. The molecule has 2 nitrogen and oxygen atoms in total. The van der Waals surface area contributed by atoms with E-state index in [1.807, 2.05) is 12.1 Å². The number of nitrogens with zero attached hydrogens (tertiary/aromatic N) is 2. The van der Waals surface area contributed by atoms with Crippen molar-refractivity contribution in [3.63, 3.8) is 0 Å². The van der Waals surface area contributed by atoms with Crippen LogP contribution in [0.5, 0.6) is 0 Å². The summed E-state index contributed by atoms with van der Waals surface area (Å²) in [5.41, 5.74) is 7.71. The van der Waals surface area contributed by atoms with Crippen molar-refractivity contribution in [3.05, 3.63) is 119 Å². The van der Waals surface area contributed by atoms with Crippen LogP contribution in [-0.4, -0.2) is 9.55 Å². The number of benzene rings is 4. The summed E-state index contributed by atoms with van der Waals surface area (Å²) in [6.45, 7) is 2.11. The number of hydrogen-bond acceptors (Lipinski definition) is 1. The second-order valence-electron chi connectivity index (χ2n) is 7.54. The first kappa shape index (κ1) is 19.5. The molecule has 0 unspecified atom stereocenters. The number of aromatic nitrogens is 2. The van der Waals surface area contributed by atoms with Crippen LogP contribution in [0.2, 0.25) is 0 Å². The van der Waals surface area contributed by atoms with Gasteiger partial charge in [-0.3, -0.25) is 4.57 Å². The molecule has 150 valence electrons. The van der Waals surface area contributed by atoms with Gasteiger partial charge < -0.3 is 0 Å². The number of imidazole rings is 1. The molecule has 0 radical (unpaired) electrons. The van der Waals surface area contributed by atoms with E-state index in [0.717, 1.165) is 44.1 Å². The third kappa shape index (κ3) is 3.85. The fourth-order valence-electron chi connectivity index (χ4n) is 3.82. The molecule has 0 saturated heterocycles. The second kappa shape index (κ2) is 8.37. The second-order valence-corrected chi connectivity index (χ2v) is 8.46. The summed E-state index contributed by atoms with van der Waals surface area (Å²) in [7, 11) is 0. The van der Waals surface area contributed by atoms with Crippen LogP contribution in [0.15, 0.2) is 114 Å². The Bertz CT molecular complexity index is 1300. The van der Waals surface area contributed by atoms with Gasteiger partial charge in [-0.05, 0) is 31.2 Å². The fourth-order valence-corrected chi connectivity index (χ4v) is 4.08. The van der Waals surface area contributed by atoms with Crippen LogP contribution >= 0.6 is 15.9 Å². The van der Waals surface area contributed by atoms with E-state index in [2.05, 4.69) is 124 Å². The Labute approximate surface area is 191 Å². The van der Waals surface area contributed by atoms with Gasteiger partial charge in [0, 0.05) is 26.9 Å². The average Bonchev–Trinajstić information content (AvgIpc) is 3.22. The molecule has 1 heterocycles. The maximum Gasteiger partial charge on any atom is 0.145 e. The van der Waals surface area contributed by atoms with Crippen molar-refractivity contribution in [2.45, 2.75) is 6.92 Å². The molecule has 0 bridgehead atoms. The van der Waals surface area contributed by atoms with Crippen molar-refractivity contribution in [3.8, 4) is 39.6 Å². The third-order valence-corrected chi connectivity index (χ3v) is 5.90. The lowest BCUT2D eigenvalue weighted by Gasteiger charge is -2.14. The van der Waals surface area contributed by atoms with Crippen molar-refractivity contribution >= 4 is 15.9 Å². The van der Waals surface area contributed by atoms with E-state index in [1.165, 1.54) is 5.56 Å². The van der Waals surface area contributed by atoms with Gasteiger partial charge in [0.25, 0.3) is 0 Å². The van der Waals surface area contributed by atoms with Gasteiger partial charge in [0.15, 0.2) is 0 Å². The van der Waals surface area contributed by atoms with Crippen LogP contribution < -0.4 is 0 Å². The molecule has 0 aliphatic heterocycles. The predicted molar refractivity (Wildman–Crippen MR) is 132 cm³/mol. The highest BCUT2D eigenvalue weighted by atomic mass is 79.9. The predicted octanol–water partition coefficient (Wildman–Crippen LogP) is 7.94. The molecule has 0 aliphatic rings. The molecule has 5 aromatic rings. The summed E-state index contributed by atoms with van der Waals surface area (Å²) in [6, 6.07) is 37.9. The first-order valence-electron chi connectivity index (χ1n) is 10.3. The molecule has 0 aliphatic carbocycles. The Morgan fingerprint density at radius 1 is 0.613 bits per heavy atom. The maximum absolute atomic E-state index is 5.20. The minimum absolute atomic E-state index is 0.925. The lowest BCUT2D eigenvalue weighted by atomic mass is 10.0. The van der Waals surface area contributed by atoms with E-state index in [-0.39, 0.29) is 0 Å². The van der Waals surface area contributed by atoms with Gasteiger partial charge in [0.05, 0.1) is 11.4 Å². The van der Waals surface area contributed by atoms with Crippen LogP contribution in [0.25, 0.3) is 39.6 Å². The summed E-state index contributed by atoms with van der Waals surface area (Å²) in [5, 5.41) is 0. The van der Waals surface area contributed by atoms with Gasteiger partial charge in [-0.15, -0.1) is 0 Å². The smallest absolute Gasteiger partial charge is 0.145 e. The first-order chi connectivity index (χ1) is 15.2. The molecule has 0 N–H and O–H groups in total. The van der Waals surface area contributed by atoms with E-state index in [9.17, 15) is 0 Å². The molecule has 0 spiro atoms. The number of halogens is 1. The topological polar surface area (TPSA) is 17.8 Å². The summed E-state index contributed by atoms with van der Waals surface area (Å²) in [4.78, 5) is 5.20. The molecule has 5 rings (SSSR count). The standard InChI is InChI=1S/C28H21BrN2/c1-20-12-18-25(19-13-20)31-27(22-10-6-3-7-11-22)26(21-8-4-2-5-9-21)30-28(31)23-14-16-24(29)17-15-23/h2-19H,1H3. The van der Waals surface area contributed by atoms with Gasteiger partial charge >= 0.3 is 0 Å². The minimum atomic E-state index is 0.925. The van der Waals surface area contributed by atoms with Crippen molar-refractivity contribution in [1.82, 2.24) is 9.55 Å². The zero-order valence-electron chi connectivity index (χ0n) is 17.2. The van der Waals surface area contributed by atoms with Crippen molar-refractivity contribution in [2.24, 2.45) is 0 Å². The molecule has 3 heteroatoms. The lowest BCUT2D eigenvalue weighted by Crippen LogP contribution is -2.00. The summed E-state index contributed by atoms with van der Waals surface area (Å²) in [6.07, 6.45) is 0. The van der Waals surface area contributed by atoms with Gasteiger partial charge in [-0.1, -0.05) is 106 Å². The van der Waals surface area contributed by atoms with E-state index in [0.29, 0.717) is 0 Å². The highest BCUT2D eigenvalue weighted by Crippen LogP contribution is 2.38. The molecule has 0 atom stereocenters. The van der Waals surface area contributed by atoms with Crippen LogP contribution in [0.3, 0.4) is 0 Å². The third-order valence-electron chi connectivity index (χ3n) is 5.37. The van der Waals surface area contributed by atoms with Gasteiger partial charge in [0.1, 0.15) is 5.82 Å². The van der Waals surface area contributed by atoms with Gasteiger partial charge in [-0.25, -0.2) is 4.98 Å². The number of hydrogen-bond donors (Lipinski definition) is 0. The molecule has 4 aromatic carbocycles. The van der Waals surface area contributed by atoms with Crippen LogP contribution in [0.4, 0.5) is 0 Å². The summed E-state index contributed by atoms with van der Waals surface area (Å²) < 4.78 is 3.33. The Morgan fingerprint density at radius 2 is 1.19 bits per heavy atom. The SMILES string of the molecule is Cc1ccc(-n2c(-c3ccc(Br)cc3)nc(-c3ccccc3)c2-c2ccccc2)cc1. The van der Waals surface area contributed by atoms with E-state index >= 15 is 0 Å². The Hall–Kier alpha value is -3.43. The Balaban J connectivity index is 1.87. The fraction of sp³-hybridized carbons (Fsp3) is 0.0357. The number of aryl methyl sites for hydroxylation is 1. The van der Waals surface area contributed by atoms with Crippen molar-refractivity contribution < 1.29 is 0 Å². The Morgan fingerprint density at radius 3 is 1.81 bits per heavy atom. The molecule has 0 amide bonds. The van der Waals surface area contributed by atoms with E-state index < -0.39 is 0 Å². The quantitative estimate of drug-likeness (QED) is 0.263. The zero-order chi connectivity index (χ0) is 21.2. The summed E-state index contributed by atoms with van der Waals surface area (Å²) in [5.74, 6) is 0.925. The Kier molecular flexibility index (Phi) is 5.27. The highest BCUT2D eigenvalue weighted by Gasteiger charge is 2.22. The van der Waals surface area contributed by atoms with Crippen LogP contribution in [-0.2, 0) is 0 Å². The van der Waals surface area contributed by atoms with Crippen LogP contribution in [0, 0.1) is 6.92 Å². The molecule has 0 saturated carbocycles. The maximum atomic E-state index is 5.20. The molecule has 1 aromatic heterocycles. The minimum Gasteiger partial charge on any atom is -0.292 e. The van der Waals surface area contributed by atoms with Crippen molar-refractivity contribution in [1.29, 1.82) is 0 Å². The van der Waals surface area contributed by atoms with Gasteiger partial charge in [0.2, 0.25) is 0 Å². The average molecular weight is 465 g/mol. The number of rotatable bonds is 4. The van der Waals surface area contributed by atoms with Crippen molar-refractivity contribution in [2.75, 3.05) is 0 Å². The molecular weight excluding hydrogens is 444 g/mol. The molecule has 31 heavy (non-hydrogen) atoms. The summed E-state index contributed by atoms with van der Waals surface area (Å²) >= 11 is 3.56. The largest absolute Gasteiger partial charge is 0.292 e. The monoisotopic (exact) mass is 464 g/mol. The normalized spacial score (nSPS) is 10.9. The van der Waals surface area contributed by atoms with E-state index in [4.69, 9.17) is 4.98 Å². The van der Waals surface area contributed by atoms with Crippen LogP contribution in [0.1, 0.15) is 5.56 Å². The highest BCUT2D eigenvalue weighted by molar-refractivity contribution is 9.10.